The molecule has 1 fully saturated rings. The maximum Gasteiger partial charge on any atom is 0.229 e. The van der Waals surface area contributed by atoms with Gasteiger partial charge in [0.25, 0.3) is 0 Å². The van der Waals surface area contributed by atoms with Crippen LogP contribution in [0.3, 0.4) is 0 Å². The minimum absolute atomic E-state index is 0.224. The smallest absolute Gasteiger partial charge is 0.229 e. The number of sulfonamides is 1. The lowest BCUT2D eigenvalue weighted by molar-refractivity contribution is 0.186. The van der Waals surface area contributed by atoms with Crippen molar-refractivity contribution < 1.29 is 17.9 Å². The van der Waals surface area contributed by atoms with Crippen molar-refractivity contribution in [2.75, 3.05) is 36.7 Å². The number of ether oxygens (including phenoxy) is 2. The van der Waals surface area contributed by atoms with Crippen molar-refractivity contribution in [3.8, 4) is 5.75 Å². The molecule has 1 aliphatic rings. The Morgan fingerprint density at radius 2 is 2.00 bits per heavy atom. The summed E-state index contributed by atoms with van der Waals surface area (Å²) in [6.45, 7) is 1.24. The summed E-state index contributed by atoms with van der Waals surface area (Å²) < 4.78 is 39.2. The van der Waals surface area contributed by atoms with Crippen LogP contribution in [-0.4, -0.2) is 50.2 Å². The topological polar surface area (TPSA) is 97.7 Å². The van der Waals surface area contributed by atoms with E-state index in [1.807, 2.05) is 41.4 Å². The average molecular weight is 502 g/mol. The lowest BCUT2D eigenvalue weighted by Gasteiger charge is -2.29. The van der Waals surface area contributed by atoms with Crippen LogP contribution in [0.15, 0.2) is 60.9 Å². The number of nitrogens with one attached hydrogen (secondary N) is 2. The number of pyridine rings is 1. The molecule has 34 heavy (non-hydrogen) atoms. The number of aromatic nitrogens is 2. The summed E-state index contributed by atoms with van der Waals surface area (Å²) in [6.07, 6.45) is 4.86. The van der Waals surface area contributed by atoms with E-state index in [9.17, 15) is 8.42 Å². The predicted molar refractivity (Wildman–Crippen MR) is 136 cm³/mol. The van der Waals surface area contributed by atoms with Crippen LogP contribution in [0.4, 0.5) is 11.4 Å². The van der Waals surface area contributed by atoms with Gasteiger partial charge in [-0.3, -0.25) is 9.71 Å². The van der Waals surface area contributed by atoms with Gasteiger partial charge >= 0.3 is 0 Å². The fourth-order valence-corrected chi connectivity index (χ4v) is 5.05. The van der Waals surface area contributed by atoms with E-state index in [0.717, 1.165) is 17.6 Å². The number of methoxy groups -OCH3 is 2. The first kappa shape index (κ1) is 24.0. The third-order valence-electron chi connectivity index (χ3n) is 5.56. The van der Waals surface area contributed by atoms with Crippen LogP contribution >= 0.6 is 12.2 Å². The van der Waals surface area contributed by atoms with Gasteiger partial charge in [0.15, 0.2) is 5.11 Å². The molecule has 0 bridgehead atoms. The molecular formula is C23H27N5O4S2. The van der Waals surface area contributed by atoms with E-state index >= 15 is 0 Å². The second kappa shape index (κ2) is 10.00. The highest BCUT2D eigenvalue weighted by atomic mass is 32.2. The Morgan fingerprint density at radius 1 is 1.18 bits per heavy atom. The summed E-state index contributed by atoms with van der Waals surface area (Å²) >= 11 is 5.78. The summed E-state index contributed by atoms with van der Waals surface area (Å²) in [6, 6.07) is 14.7. The normalized spacial score (nSPS) is 18.1. The van der Waals surface area contributed by atoms with Gasteiger partial charge < -0.3 is 24.3 Å². The SMILES string of the molecule is COCCn1cccc1[C@H]1[C@@H](c2ccccn2)NC(=S)N1c1ccc(OC)c(NS(C)(=O)=O)c1. The molecule has 3 aromatic rings. The first-order valence-corrected chi connectivity index (χ1v) is 12.9. The molecule has 1 aliphatic heterocycles. The maximum absolute atomic E-state index is 12.0. The van der Waals surface area contributed by atoms with Crippen LogP contribution in [-0.2, 0) is 21.3 Å². The van der Waals surface area contributed by atoms with Gasteiger partial charge in [0.05, 0.1) is 37.4 Å². The quantitative estimate of drug-likeness (QED) is 0.432. The largest absolute Gasteiger partial charge is 0.495 e. The molecule has 0 amide bonds. The molecule has 4 rings (SSSR count). The maximum atomic E-state index is 12.0. The Bertz CT molecular complexity index is 1260. The second-order valence-electron chi connectivity index (χ2n) is 7.87. The van der Waals surface area contributed by atoms with Crippen molar-refractivity contribution in [1.29, 1.82) is 0 Å². The van der Waals surface area contributed by atoms with E-state index in [0.29, 0.717) is 35.4 Å². The molecule has 180 valence electrons. The first-order valence-electron chi connectivity index (χ1n) is 10.6. The monoisotopic (exact) mass is 501 g/mol. The van der Waals surface area contributed by atoms with Crippen LogP contribution in [0.2, 0.25) is 0 Å². The molecule has 3 heterocycles. The zero-order valence-electron chi connectivity index (χ0n) is 19.1. The van der Waals surface area contributed by atoms with Crippen LogP contribution in [0, 0.1) is 0 Å². The number of hydrogen-bond acceptors (Lipinski definition) is 6. The molecule has 11 heteroatoms. The molecule has 2 atom stereocenters. The van der Waals surface area contributed by atoms with E-state index in [1.165, 1.54) is 7.11 Å². The summed E-state index contributed by atoms with van der Waals surface area (Å²) in [5, 5.41) is 3.93. The van der Waals surface area contributed by atoms with E-state index in [4.69, 9.17) is 21.7 Å². The van der Waals surface area contributed by atoms with Crippen molar-refractivity contribution >= 4 is 38.7 Å². The number of hydrogen-bond donors (Lipinski definition) is 2. The molecule has 0 unspecified atom stereocenters. The summed E-state index contributed by atoms with van der Waals surface area (Å²) in [7, 11) is -0.350. The Labute approximate surface area is 204 Å². The zero-order valence-corrected chi connectivity index (χ0v) is 20.8. The lowest BCUT2D eigenvalue weighted by Crippen LogP contribution is -2.30. The van der Waals surface area contributed by atoms with Crippen LogP contribution in [0.25, 0.3) is 0 Å². The minimum Gasteiger partial charge on any atom is -0.495 e. The Morgan fingerprint density at radius 3 is 2.68 bits per heavy atom. The van der Waals surface area contributed by atoms with Crippen LogP contribution < -0.4 is 19.7 Å². The Kier molecular flexibility index (Phi) is 7.05. The molecule has 0 radical (unpaired) electrons. The molecule has 2 aromatic heterocycles. The van der Waals surface area contributed by atoms with E-state index in [-0.39, 0.29) is 12.1 Å². The number of anilines is 2. The Hall–Kier alpha value is -3.15. The summed E-state index contributed by atoms with van der Waals surface area (Å²) in [4.78, 5) is 6.56. The average Bonchev–Trinajstić information content (AvgIpc) is 3.40. The van der Waals surface area contributed by atoms with Crippen molar-refractivity contribution in [3.63, 3.8) is 0 Å². The van der Waals surface area contributed by atoms with Gasteiger partial charge in [0, 0.05) is 37.4 Å². The van der Waals surface area contributed by atoms with E-state index in [2.05, 4.69) is 25.7 Å². The van der Waals surface area contributed by atoms with E-state index in [1.54, 1.807) is 25.4 Å². The molecular weight excluding hydrogens is 474 g/mol. The first-order chi connectivity index (χ1) is 16.3. The fourth-order valence-electron chi connectivity index (χ4n) is 4.15. The van der Waals surface area contributed by atoms with Crippen molar-refractivity contribution in [1.82, 2.24) is 14.9 Å². The number of thiocarbonyl (C=S) groups is 1. The third-order valence-corrected chi connectivity index (χ3v) is 6.46. The van der Waals surface area contributed by atoms with Crippen molar-refractivity contribution in [3.05, 3.63) is 72.3 Å². The van der Waals surface area contributed by atoms with Crippen LogP contribution in [0.1, 0.15) is 23.5 Å². The van der Waals surface area contributed by atoms with Crippen molar-refractivity contribution in [2.45, 2.75) is 18.6 Å². The molecule has 2 N–H and O–H groups in total. The van der Waals surface area contributed by atoms with Gasteiger partial charge in [-0.2, -0.15) is 0 Å². The molecule has 1 saturated heterocycles. The zero-order chi connectivity index (χ0) is 24.3. The number of nitrogens with zero attached hydrogens (tertiary/aromatic N) is 3. The van der Waals surface area contributed by atoms with E-state index < -0.39 is 10.0 Å². The summed E-state index contributed by atoms with van der Waals surface area (Å²) in [5.41, 5.74) is 2.92. The van der Waals surface area contributed by atoms with Gasteiger partial charge in [0.2, 0.25) is 10.0 Å². The number of benzene rings is 1. The highest BCUT2D eigenvalue weighted by molar-refractivity contribution is 7.92. The highest BCUT2D eigenvalue weighted by Crippen LogP contribution is 2.43. The highest BCUT2D eigenvalue weighted by Gasteiger charge is 2.42. The molecule has 0 saturated carbocycles. The standard InChI is InChI=1S/C23H27N5O4S2/c1-31-14-13-27-12-6-8-19(27)22-21(17-7-4-5-11-24-17)25-23(33)28(22)16-9-10-20(32-2)18(15-16)26-34(3,29)30/h4-12,15,21-22,26H,13-14H2,1-3H3,(H,25,33)/t21-,22+/m1/s1. The Balaban J connectivity index is 1.83. The molecule has 0 aliphatic carbocycles. The second-order valence-corrected chi connectivity index (χ2v) is 10.0. The van der Waals surface area contributed by atoms with Gasteiger partial charge in [-0.15, -0.1) is 0 Å². The number of rotatable bonds is 9. The van der Waals surface area contributed by atoms with Gasteiger partial charge in [-0.1, -0.05) is 6.07 Å². The molecule has 0 spiro atoms. The van der Waals surface area contributed by atoms with Crippen molar-refractivity contribution in [2.24, 2.45) is 0 Å². The fraction of sp³-hybridized carbons (Fsp3) is 0.304. The molecule has 9 nitrogen and oxygen atoms in total. The summed E-state index contributed by atoms with van der Waals surface area (Å²) in [5.74, 6) is 0.411. The third kappa shape index (κ3) is 5.01. The minimum atomic E-state index is -3.52. The predicted octanol–water partition coefficient (Wildman–Crippen LogP) is 3.09. The van der Waals surface area contributed by atoms with Crippen LogP contribution in [0.5, 0.6) is 5.75 Å². The molecule has 1 aromatic carbocycles. The van der Waals surface area contributed by atoms with Gasteiger partial charge in [-0.25, -0.2) is 8.42 Å². The lowest BCUT2D eigenvalue weighted by atomic mass is 10.0. The van der Waals surface area contributed by atoms with Gasteiger partial charge in [-0.05, 0) is 54.7 Å². The van der Waals surface area contributed by atoms with Gasteiger partial charge in [0.1, 0.15) is 11.8 Å².